The van der Waals surface area contributed by atoms with Gasteiger partial charge in [0.25, 0.3) is 0 Å². The van der Waals surface area contributed by atoms with Crippen molar-refractivity contribution in [1.82, 2.24) is 0 Å². The number of hydrogen-bond donors (Lipinski definition) is 2. The minimum absolute atomic E-state index is 0.0202. The van der Waals surface area contributed by atoms with Gasteiger partial charge in [-0.25, -0.2) is 0 Å². The first-order chi connectivity index (χ1) is 15.2. The van der Waals surface area contributed by atoms with Crippen LogP contribution in [0, 0.1) is 45.3 Å². The van der Waals surface area contributed by atoms with E-state index < -0.39 is 5.60 Å². The Morgan fingerprint density at radius 1 is 0.970 bits per heavy atom. The van der Waals surface area contributed by atoms with Crippen LogP contribution < -0.4 is 0 Å². The first-order valence-electron chi connectivity index (χ1n) is 13.8. The summed E-state index contributed by atoms with van der Waals surface area (Å²) in [4.78, 5) is 0. The minimum Gasteiger partial charge on any atom is -0.411 e. The lowest BCUT2D eigenvalue weighted by molar-refractivity contribution is -0.195. The fourth-order valence-corrected chi connectivity index (χ4v) is 10.3. The largest absolute Gasteiger partial charge is 0.411 e. The summed E-state index contributed by atoms with van der Waals surface area (Å²) in [6.45, 7) is 18.9. The van der Waals surface area contributed by atoms with Gasteiger partial charge >= 0.3 is 0 Å². The summed E-state index contributed by atoms with van der Waals surface area (Å²) < 4.78 is 0. The van der Waals surface area contributed by atoms with Crippen molar-refractivity contribution in [2.45, 2.75) is 125 Å². The van der Waals surface area contributed by atoms with Gasteiger partial charge in [0.2, 0.25) is 0 Å². The van der Waals surface area contributed by atoms with Gasteiger partial charge in [-0.3, -0.25) is 0 Å². The third-order valence-electron chi connectivity index (χ3n) is 12.3. The van der Waals surface area contributed by atoms with E-state index in [-0.39, 0.29) is 5.41 Å². The van der Waals surface area contributed by atoms with Crippen molar-refractivity contribution < 1.29 is 10.3 Å². The van der Waals surface area contributed by atoms with Crippen molar-refractivity contribution in [2.75, 3.05) is 0 Å². The van der Waals surface area contributed by atoms with Gasteiger partial charge < -0.3 is 10.3 Å². The fourth-order valence-electron chi connectivity index (χ4n) is 10.3. The number of allylic oxidation sites excluding steroid dienone is 2. The van der Waals surface area contributed by atoms with Gasteiger partial charge in [-0.2, -0.15) is 0 Å². The van der Waals surface area contributed by atoms with Crippen molar-refractivity contribution in [3.8, 4) is 0 Å². The molecule has 4 rings (SSSR count). The van der Waals surface area contributed by atoms with E-state index >= 15 is 0 Å². The molecule has 0 aromatic carbocycles. The van der Waals surface area contributed by atoms with E-state index in [9.17, 15) is 10.3 Å². The molecule has 8 atom stereocenters. The summed E-state index contributed by atoms with van der Waals surface area (Å²) in [5.74, 6) is 2.37. The van der Waals surface area contributed by atoms with Crippen LogP contribution in [0.2, 0.25) is 0 Å². The first kappa shape index (κ1) is 25.3. The van der Waals surface area contributed by atoms with Gasteiger partial charge in [0.05, 0.1) is 11.3 Å². The van der Waals surface area contributed by atoms with E-state index in [1.54, 1.807) is 0 Å². The van der Waals surface area contributed by atoms with Gasteiger partial charge in [-0.15, -0.1) is 0 Å². The molecular weight excluding hydrogens is 406 g/mol. The Morgan fingerprint density at radius 3 is 2.27 bits per heavy atom. The van der Waals surface area contributed by atoms with Crippen LogP contribution in [-0.2, 0) is 0 Å². The summed E-state index contributed by atoms with van der Waals surface area (Å²) in [7, 11) is 0. The molecule has 0 bridgehead atoms. The van der Waals surface area contributed by atoms with Gasteiger partial charge in [-0.1, -0.05) is 51.4 Å². The van der Waals surface area contributed by atoms with E-state index in [1.165, 1.54) is 44.1 Å². The average molecular weight is 458 g/mol. The Balaban J connectivity index is 1.62. The second-order valence-electron chi connectivity index (χ2n) is 14.3. The molecule has 0 saturated heterocycles. The summed E-state index contributed by atoms with van der Waals surface area (Å²) in [6.07, 6.45) is 13.8. The number of fused-ring (bicyclic) bond motifs is 5. The SMILES string of the molecule is CC(C)=CCCC(C)(O)C1CC[C@]2(C)C1CCC1[C@@]3(C)CC/C(=N\O)C(C)(C)C3CC[C@]12C. The third-order valence-corrected chi connectivity index (χ3v) is 12.3. The summed E-state index contributed by atoms with van der Waals surface area (Å²) in [5, 5.41) is 25.1. The maximum absolute atomic E-state index is 11.7. The Hall–Kier alpha value is -0.830. The average Bonchev–Trinajstić information content (AvgIpc) is 3.06. The number of nitrogens with zero attached hydrogens (tertiary/aromatic N) is 1. The highest BCUT2D eigenvalue weighted by molar-refractivity contribution is 5.90. The molecule has 0 heterocycles. The monoisotopic (exact) mass is 457 g/mol. The predicted octanol–water partition coefficient (Wildman–Crippen LogP) is 8.00. The van der Waals surface area contributed by atoms with Gasteiger partial charge in [0.1, 0.15) is 0 Å². The minimum atomic E-state index is -0.571. The molecule has 5 unspecified atom stereocenters. The zero-order valence-corrected chi connectivity index (χ0v) is 22.8. The number of oxime groups is 1. The topological polar surface area (TPSA) is 52.8 Å². The molecule has 4 saturated carbocycles. The highest BCUT2D eigenvalue weighted by Crippen LogP contribution is 2.75. The zero-order valence-electron chi connectivity index (χ0n) is 22.8. The molecule has 3 nitrogen and oxygen atoms in total. The molecular formula is C30H51NO2. The zero-order chi connectivity index (χ0) is 24.4. The van der Waals surface area contributed by atoms with Crippen molar-refractivity contribution in [2.24, 2.45) is 50.5 Å². The Kier molecular flexibility index (Phi) is 6.21. The molecule has 0 aliphatic heterocycles. The maximum Gasteiger partial charge on any atom is 0.0653 e. The molecule has 4 aliphatic carbocycles. The van der Waals surface area contributed by atoms with Crippen LogP contribution in [0.1, 0.15) is 120 Å². The van der Waals surface area contributed by atoms with E-state index in [0.29, 0.717) is 34.0 Å². The molecule has 0 amide bonds. The molecule has 0 aromatic heterocycles. The van der Waals surface area contributed by atoms with Gasteiger partial charge in [0, 0.05) is 5.41 Å². The Bertz CT molecular complexity index is 821. The quantitative estimate of drug-likeness (QED) is 0.255. The normalized spacial score (nSPS) is 47.2. The van der Waals surface area contributed by atoms with E-state index in [2.05, 4.69) is 66.6 Å². The number of aliphatic hydroxyl groups is 1. The van der Waals surface area contributed by atoms with Crippen molar-refractivity contribution in [3.05, 3.63) is 11.6 Å². The maximum atomic E-state index is 11.7. The van der Waals surface area contributed by atoms with Crippen molar-refractivity contribution in [3.63, 3.8) is 0 Å². The molecule has 33 heavy (non-hydrogen) atoms. The highest BCUT2D eigenvalue weighted by Gasteiger charge is 2.69. The Morgan fingerprint density at radius 2 is 1.64 bits per heavy atom. The first-order valence-corrected chi connectivity index (χ1v) is 13.8. The lowest BCUT2D eigenvalue weighted by Gasteiger charge is -2.69. The molecule has 3 heteroatoms. The highest BCUT2D eigenvalue weighted by atomic mass is 16.4. The Labute approximate surface area is 203 Å². The van der Waals surface area contributed by atoms with Crippen LogP contribution in [0.4, 0.5) is 0 Å². The van der Waals surface area contributed by atoms with Crippen LogP contribution >= 0.6 is 0 Å². The standard InChI is InChI=1S/C30H51NO2/c1-20(2)10-9-16-30(8,32)22-13-18-28(6)21(22)11-12-24-27(5)17-15-25(31-33)26(3,4)23(27)14-19-29(24,28)7/h10,21-24,32-33H,9,11-19H2,1-8H3/b31-25+/t21?,22?,23?,24?,27-,28+,29+,30?/m0/s1. The van der Waals surface area contributed by atoms with Crippen LogP contribution in [0.3, 0.4) is 0 Å². The lowest BCUT2D eigenvalue weighted by atomic mass is 9.35. The van der Waals surface area contributed by atoms with Crippen molar-refractivity contribution in [1.29, 1.82) is 0 Å². The smallest absolute Gasteiger partial charge is 0.0653 e. The van der Waals surface area contributed by atoms with Crippen molar-refractivity contribution >= 4 is 5.71 Å². The van der Waals surface area contributed by atoms with Crippen LogP contribution in [0.15, 0.2) is 16.8 Å². The fraction of sp³-hybridized carbons (Fsp3) is 0.900. The second kappa shape index (κ2) is 8.10. The second-order valence-corrected chi connectivity index (χ2v) is 14.3. The molecule has 4 aliphatic rings. The summed E-state index contributed by atoms with van der Waals surface area (Å²) in [6, 6.07) is 0. The molecule has 188 valence electrons. The van der Waals surface area contributed by atoms with E-state index in [0.717, 1.165) is 37.3 Å². The summed E-state index contributed by atoms with van der Waals surface area (Å²) >= 11 is 0. The van der Waals surface area contributed by atoms with Gasteiger partial charge in [-0.05, 0) is 125 Å². The summed E-state index contributed by atoms with van der Waals surface area (Å²) in [5.41, 5.74) is 2.72. The molecule has 4 fully saturated rings. The van der Waals surface area contributed by atoms with Crippen LogP contribution in [0.5, 0.6) is 0 Å². The van der Waals surface area contributed by atoms with E-state index in [4.69, 9.17) is 0 Å². The molecule has 0 spiro atoms. The molecule has 0 radical (unpaired) electrons. The number of rotatable bonds is 4. The van der Waals surface area contributed by atoms with E-state index in [1.807, 2.05) is 0 Å². The van der Waals surface area contributed by atoms with Crippen LogP contribution in [-0.4, -0.2) is 21.6 Å². The predicted molar refractivity (Wildman–Crippen MR) is 138 cm³/mol. The lowest BCUT2D eigenvalue weighted by Crippen LogP contribution is -2.63. The molecule has 0 aromatic rings. The molecule has 2 N–H and O–H groups in total. The third kappa shape index (κ3) is 3.57. The number of hydrogen-bond acceptors (Lipinski definition) is 3. The van der Waals surface area contributed by atoms with Gasteiger partial charge in [0.15, 0.2) is 0 Å². The van der Waals surface area contributed by atoms with Crippen LogP contribution in [0.25, 0.3) is 0 Å².